The van der Waals surface area contributed by atoms with Gasteiger partial charge in [-0.3, -0.25) is 29.1 Å². The summed E-state index contributed by atoms with van der Waals surface area (Å²) in [6, 6.07) is 0.636. The average molecular weight is 841 g/mol. The number of carbonyl (C=O) groups is 5. The number of aliphatic carboxylic acids is 1. The highest BCUT2D eigenvalue weighted by molar-refractivity contribution is 6.04. The van der Waals surface area contributed by atoms with Gasteiger partial charge in [0.25, 0.3) is 5.91 Å². The van der Waals surface area contributed by atoms with Crippen molar-refractivity contribution in [2.45, 2.75) is 163 Å². The van der Waals surface area contributed by atoms with Gasteiger partial charge in [-0.1, -0.05) is 62.3 Å². The van der Waals surface area contributed by atoms with Crippen LogP contribution in [0.5, 0.6) is 0 Å². The molecule has 1 aromatic rings. The molecule has 0 radical (unpaired) electrons. The summed E-state index contributed by atoms with van der Waals surface area (Å²) in [5.74, 6) is -2.76. The minimum atomic E-state index is -4.70. The van der Waals surface area contributed by atoms with Gasteiger partial charge in [-0.25, -0.2) is 0 Å². The Bertz CT molecular complexity index is 2070. The Kier molecular flexibility index (Phi) is 9.59. The Balaban J connectivity index is 1.03. The molecule has 2 amide bonds. The molecule has 0 saturated heterocycles. The molecule has 0 bridgehead atoms. The molecular weight excluding hydrogens is 778 g/mol. The Morgan fingerprint density at radius 3 is 2.12 bits per heavy atom. The zero-order chi connectivity index (χ0) is 44.0. The molecule has 6 fully saturated rings. The van der Waals surface area contributed by atoms with Gasteiger partial charge in [0.1, 0.15) is 17.3 Å². The summed E-state index contributed by atoms with van der Waals surface area (Å²) >= 11 is 0. The molecular formula is C46H63F3N4O7. The summed E-state index contributed by atoms with van der Waals surface area (Å²) in [6.07, 6.45) is 2.88. The molecule has 8 rings (SSSR count). The van der Waals surface area contributed by atoms with Crippen LogP contribution in [0.1, 0.15) is 156 Å². The van der Waals surface area contributed by atoms with Gasteiger partial charge in [0.05, 0.1) is 17.4 Å². The van der Waals surface area contributed by atoms with E-state index in [2.05, 4.69) is 50.4 Å². The van der Waals surface area contributed by atoms with Crippen molar-refractivity contribution in [1.82, 2.24) is 20.8 Å². The third-order valence-corrected chi connectivity index (χ3v) is 18.5. The van der Waals surface area contributed by atoms with Crippen LogP contribution < -0.4 is 10.6 Å². The van der Waals surface area contributed by atoms with Crippen LogP contribution >= 0.6 is 0 Å². The number of hydrogen-bond donors (Lipinski definition) is 4. The second kappa shape index (κ2) is 13.4. The fourth-order valence-corrected chi connectivity index (χ4v) is 14.6. The maximum absolute atomic E-state index is 14.3. The van der Waals surface area contributed by atoms with E-state index in [1.54, 1.807) is 0 Å². The number of carboxylic acids is 1. The molecule has 1 aromatic heterocycles. The third kappa shape index (κ3) is 6.00. The molecule has 7 aliphatic rings. The number of ether oxygens (including phenoxy) is 1. The van der Waals surface area contributed by atoms with Gasteiger partial charge in [-0.2, -0.15) is 18.3 Å². The molecule has 330 valence electrons. The highest BCUT2D eigenvalue weighted by Crippen LogP contribution is 2.76. The molecule has 10 atom stereocenters. The third-order valence-electron chi connectivity index (χ3n) is 18.5. The van der Waals surface area contributed by atoms with E-state index in [1.807, 2.05) is 32.8 Å². The number of aromatic nitrogens is 2. The number of nitrogens with one attached hydrogen (secondary N) is 3. The Labute approximate surface area is 350 Å². The van der Waals surface area contributed by atoms with Gasteiger partial charge in [-0.15, -0.1) is 0 Å². The number of nitrogens with zero attached hydrogens (tertiary/aromatic N) is 1. The molecule has 1 heterocycles. The summed E-state index contributed by atoms with van der Waals surface area (Å²) < 4.78 is 46.1. The largest absolute Gasteiger partial charge is 0.481 e. The number of carboxylic acid groups (broad SMARTS) is 1. The zero-order valence-corrected chi connectivity index (χ0v) is 36.6. The Hall–Kier alpha value is -3.71. The molecule has 0 spiro atoms. The lowest BCUT2D eigenvalue weighted by Gasteiger charge is -2.72. The zero-order valence-electron chi connectivity index (χ0n) is 36.6. The number of esters is 1. The normalized spacial score (nSPS) is 39.6. The van der Waals surface area contributed by atoms with Crippen LogP contribution in [-0.4, -0.2) is 62.0 Å². The lowest BCUT2D eigenvalue weighted by atomic mass is 9.33. The number of amides is 2. The van der Waals surface area contributed by atoms with E-state index in [0.29, 0.717) is 43.6 Å². The van der Waals surface area contributed by atoms with Crippen LogP contribution in [0, 0.1) is 62.6 Å². The second-order valence-electron chi connectivity index (χ2n) is 22.2. The maximum atomic E-state index is 14.3. The van der Waals surface area contributed by atoms with Crippen LogP contribution in [0.15, 0.2) is 17.2 Å². The molecule has 11 nitrogen and oxygen atoms in total. The van der Waals surface area contributed by atoms with Gasteiger partial charge in [0.15, 0.2) is 11.5 Å². The van der Waals surface area contributed by atoms with E-state index in [9.17, 15) is 42.3 Å². The predicted molar refractivity (Wildman–Crippen MR) is 214 cm³/mol. The first kappa shape index (κ1) is 43.0. The number of rotatable bonds is 8. The van der Waals surface area contributed by atoms with Crippen molar-refractivity contribution < 1.29 is 47.0 Å². The number of hydrogen-bond acceptors (Lipinski definition) is 7. The summed E-state index contributed by atoms with van der Waals surface area (Å²) in [4.78, 5) is 67.0. The number of H-pyrrole nitrogens is 1. The van der Waals surface area contributed by atoms with Gasteiger partial charge in [-0.05, 0) is 127 Å². The molecule has 60 heavy (non-hydrogen) atoms. The first-order valence-electron chi connectivity index (χ1n) is 22.2. The Morgan fingerprint density at radius 2 is 1.53 bits per heavy atom. The van der Waals surface area contributed by atoms with Crippen LogP contribution in [0.25, 0.3) is 0 Å². The minimum Gasteiger partial charge on any atom is -0.481 e. The van der Waals surface area contributed by atoms with E-state index in [-0.39, 0.29) is 57.8 Å². The second-order valence-corrected chi connectivity index (χ2v) is 22.2. The highest BCUT2D eigenvalue weighted by atomic mass is 19.4. The van der Waals surface area contributed by atoms with Gasteiger partial charge < -0.3 is 20.5 Å². The van der Waals surface area contributed by atoms with E-state index < -0.39 is 63.7 Å². The highest BCUT2D eigenvalue weighted by Gasteiger charge is 2.71. The van der Waals surface area contributed by atoms with Gasteiger partial charge in [0.2, 0.25) is 5.91 Å². The summed E-state index contributed by atoms with van der Waals surface area (Å²) in [6.45, 7) is 19.6. The van der Waals surface area contributed by atoms with Crippen molar-refractivity contribution in [2.75, 3.05) is 0 Å². The molecule has 7 aliphatic carbocycles. The number of Topliss-reactive ketones (excluding diaryl/α,β-unsaturated/α-hetero) is 1. The van der Waals surface area contributed by atoms with Crippen LogP contribution in [0.3, 0.4) is 0 Å². The molecule has 14 heteroatoms. The number of alkyl halides is 3. The molecule has 6 saturated carbocycles. The smallest absolute Gasteiger partial charge is 0.432 e. The lowest BCUT2D eigenvalue weighted by molar-refractivity contribution is -0.235. The van der Waals surface area contributed by atoms with Crippen LogP contribution in [0.2, 0.25) is 0 Å². The molecule has 0 aliphatic heterocycles. The van der Waals surface area contributed by atoms with Crippen molar-refractivity contribution in [3.63, 3.8) is 0 Å². The number of aromatic amines is 1. The van der Waals surface area contributed by atoms with E-state index in [4.69, 9.17) is 4.74 Å². The molecule has 4 N–H and O–H groups in total. The first-order valence-corrected chi connectivity index (χ1v) is 22.2. The number of halogens is 3. The van der Waals surface area contributed by atoms with Gasteiger partial charge >= 0.3 is 18.1 Å². The number of allylic oxidation sites excluding steroid dienone is 1. The first-order chi connectivity index (χ1) is 27.7. The summed E-state index contributed by atoms with van der Waals surface area (Å²) in [7, 11) is 0. The predicted octanol–water partition coefficient (Wildman–Crippen LogP) is 8.20. The monoisotopic (exact) mass is 840 g/mol. The van der Waals surface area contributed by atoms with Crippen molar-refractivity contribution >= 4 is 29.5 Å². The summed E-state index contributed by atoms with van der Waals surface area (Å²) in [5.41, 5.74) is -3.26. The van der Waals surface area contributed by atoms with E-state index in [1.165, 1.54) is 0 Å². The topological polar surface area (TPSA) is 168 Å². The van der Waals surface area contributed by atoms with Crippen LogP contribution in [-0.2, 0) is 30.1 Å². The van der Waals surface area contributed by atoms with Crippen molar-refractivity contribution in [3.8, 4) is 0 Å². The Morgan fingerprint density at radius 1 is 0.850 bits per heavy atom. The van der Waals surface area contributed by atoms with E-state index >= 15 is 0 Å². The maximum Gasteiger partial charge on any atom is 0.432 e. The van der Waals surface area contributed by atoms with Crippen molar-refractivity contribution in [2.24, 2.45) is 62.6 Å². The van der Waals surface area contributed by atoms with E-state index in [0.717, 1.165) is 56.1 Å². The fraction of sp³-hybridized carbons (Fsp3) is 0.783. The average Bonchev–Trinajstić information content (AvgIpc) is 3.59. The quantitative estimate of drug-likeness (QED) is 0.190. The SMILES string of the molecule is CC(C)C1=C2[C@H]3CC[C@@H]4[C@@]5(C)CC[C@H](OC(=O)[C@H]6C[C@@H](C(=O)O)C6(C)C)C(C)(C)[C@@H]5CC[C@@]4(C)[C@]3(C)CC[C@@]2(NC(=O)C2(NC(=O)c3cc(C(F)(F)F)[nH]n3)CC2)CC1=O. The van der Waals surface area contributed by atoms with Crippen LogP contribution in [0.4, 0.5) is 13.2 Å². The number of fused-ring (bicyclic) bond motifs is 7. The minimum absolute atomic E-state index is 0.0349. The molecule has 0 unspecified atom stereocenters. The number of ketones is 1. The molecule has 0 aromatic carbocycles. The fourth-order valence-electron chi connectivity index (χ4n) is 14.6. The van der Waals surface area contributed by atoms with Crippen molar-refractivity contribution in [3.05, 3.63) is 28.6 Å². The standard InChI is InChI=1S/C46H63F3N4O7/c1-23(2)33-28(54)22-45(51-38(59)44(18-19-44)50-35(55)27-21-31(53-52-27)46(47,48)49)17-16-42(8)24(34(33)45)10-11-30-41(7)14-13-32(40(5,6)29(41)12-15-43(30,42)9)60-37(58)26-20-25(36(56)57)39(26,3)4/h21,23-26,29-30,32H,10-20,22H2,1-9H3,(H,50,55)(H,51,59)(H,52,53)(H,56,57)/t24-,25+,26-,29+,30-,32+,41+,42-,43-,45-/m1/s1. The lowest BCUT2D eigenvalue weighted by Crippen LogP contribution is -2.68. The van der Waals surface area contributed by atoms with Gasteiger partial charge in [0, 0.05) is 17.9 Å². The number of carbonyl (C=O) groups excluding carboxylic acids is 4. The summed E-state index contributed by atoms with van der Waals surface area (Å²) in [5, 5.41) is 21.1. The van der Waals surface area contributed by atoms with Crippen molar-refractivity contribution in [1.29, 1.82) is 0 Å².